The molecule has 0 atom stereocenters. The van der Waals surface area contributed by atoms with Crippen LogP contribution < -0.4 is 0 Å². The molecular formula is C12H15N3. The highest BCUT2D eigenvalue weighted by Crippen LogP contribution is 2.29. The van der Waals surface area contributed by atoms with Crippen LogP contribution in [0.3, 0.4) is 0 Å². The quantitative estimate of drug-likeness (QED) is 0.745. The first kappa shape index (κ1) is 10.1. The van der Waals surface area contributed by atoms with E-state index in [1.165, 1.54) is 24.9 Å². The third kappa shape index (κ3) is 3.03. The van der Waals surface area contributed by atoms with Crippen molar-refractivity contribution in [1.82, 2.24) is 9.88 Å². The Labute approximate surface area is 90.4 Å². The van der Waals surface area contributed by atoms with Crippen molar-refractivity contribution >= 4 is 0 Å². The van der Waals surface area contributed by atoms with Crippen molar-refractivity contribution in [2.45, 2.75) is 19.4 Å². The number of rotatable bonds is 4. The Bertz CT molecular complexity index is 377. The highest BCUT2D eigenvalue weighted by atomic mass is 15.1. The van der Waals surface area contributed by atoms with Gasteiger partial charge in [-0.25, -0.2) is 4.98 Å². The molecule has 1 aromatic rings. The molecule has 0 amide bonds. The second kappa shape index (κ2) is 4.41. The lowest BCUT2D eigenvalue weighted by atomic mass is 10.2. The van der Waals surface area contributed by atoms with Crippen LogP contribution in [0.2, 0.25) is 0 Å². The van der Waals surface area contributed by atoms with Gasteiger partial charge in [-0.1, -0.05) is 0 Å². The predicted molar refractivity (Wildman–Crippen MR) is 58.0 cm³/mol. The molecule has 15 heavy (non-hydrogen) atoms. The molecule has 0 unspecified atom stereocenters. The fourth-order valence-electron chi connectivity index (χ4n) is 1.75. The summed E-state index contributed by atoms with van der Waals surface area (Å²) in [5, 5.41) is 8.73. The number of hydrogen-bond donors (Lipinski definition) is 0. The van der Waals surface area contributed by atoms with E-state index in [1.807, 2.05) is 12.1 Å². The lowest BCUT2D eigenvalue weighted by molar-refractivity contribution is 0.313. The van der Waals surface area contributed by atoms with E-state index in [1.54, 1.807) is 6.20 Å². The van der Waals surface area contributed by atoms with Crippen LogP contribution in [-0.2, 0) is 6.54 Å². The number of aromatic nitrogens is 1. The first-order chi connectivity index (χ1) is 7.28. The summed E-state index contributed by atoms with van der Waals surface area (Å²) in [6.07, 6.45) is 4.47. The summed E-state index contributed by atoms with van der Waals surface area (Å²) in [4.78, 5) is 6.27. The molecular weight excluding hydrogens is 186 g/mol. The summed E-state index contributed by atoms with van der Waals surface area (Å²) in [7, 11) is 2.13. The molecule has 0 saturated heterocycles. The third-order valence-corrected chi connectivity index (χ3v) is 2.66. The van der Waals surface area contributed by atoms with Gasteiger partial charge in [0, 0.05) is 19.3 Å². The summed E-state index contributed by atoms with van der Waals surface area (Å²) in [6.45, 7) is 2.08. The molecule has 2 rings (SSSR count). The fraction of sp³-hybridized carbons (Fsp3) is 0.500. The molecule has 0 aromatic carbocycles. The van der Waals surface area contributed by atoms with E-state index < -0.39 is 0 Å². The van der Waals surface area contributed by atoms with Crippen LogP contribution in [0.15, 0.2) is 18.3 Å². The molecule has 0 bridgehead atoms. The fourth-order valence-corrected chi connectivity index (χ4v) is 1.75. The largest absolute Gasteiger partial charge is 0.302 e. The van der Waals surface area contributed by atoms with Crippen molar-refractivity contribution in [3.63, 3.8) is 0 Å². The molecule has 1 heterocycles. The first-order valence-corrected chi connectivity index (χ1v) is 5.31. The molecule has 1 aliphatic rings. The van der Waals surface area contributed by atoms with Crippen molar-refractivity contribution in [3.05, 3.63) is 29.6 Å². The van der Waals surface area contributed by atoms with Crippen LogP contribution in [0, 0.1) is 17.2 Å². The maximum absolute atomic E-state index is 8.73. The molecule has 0 aliphatic heterocycles. The van der Waals surface area contributed by atoms with Crippen molar-refractivity contribution in [3.8, 4) is 6.07 Å². The van der Waals surface area contributed by atoms with Gasteiger partial charge in [0.1, 0.15) is 11.8 Å². The van der Waals surface area contributed by atoms with Crippen molar-refractivity contribution in [2.24, 2.45) is 5.92 Å². The van der Waals surface area contributed by atoms with Crippen LogP contribution in [-0.4, -0.2) is 23.5 Å². The first-order valence-electron chi connectivity index (χ1n) is 5.31. The number of nitriles is 1. The van der Waals surface area contributed by atoms with Gasteiger partial charge < -0.3 is 4.90 Å². The van der Waals surface area contributed by atoms with E-state index in [2.05, 4.69) is 23.0 Å². The molecule has 3 heteroatoms. The summed E-state index contributed by atoms with van der Waals surface area (Å²) >= 11 is 0. The average Bonchev–Trinajstić information content (AvgIpc) is 3.02. The van der Waals surface area contributed by atoms with Crippen molar-refractivity contribution < 1.29 is 0 Å². The third-order valence-electron chi connectivity index (χ3n) is 2.66. The van der Waals surface area contributed by atoms with E-state index in [0.717, 1.165) is 12.5 Å². The Hall–Kier alpha value is -1.40. The molecule has 0 N–H and O–H groups in total. The maximum atomic E-state index is 8.73. The second-order valence-corrected chi connectivity index (χ2v) is 4.30. The standard InChI is InChI=1S/C12H15N3/c1-15(8-10-2-3-10)9-11-4-5-14-12(6-11)7-13/h4-6,10H,2-3,8-9H2,1H3. The second-order valence-electron chi connectivity index (χ2n) is 4.30. The smallest absolute Gasteiger partial charge is 0.140 e. The van der Waals surface area contributed by atoms with Gasteiger partial charge in [-0.3, -0.25) is 0 Å². The van der Waals surface area contributed by atoms with Gasteiger partial charge in [0.25, 0.3) is 0 Å². The Morgan fingerprint density at radius 2 is 2.40 bits per heavy atom. The average molecular weight is 201 g/mol. The minimum absolute atomic E-state index is 0.507. The normalized spacial score (nSPS) is 15.3. The van der Waals surface area contributed by atoms with Crippen LogP contribution >= 0.6 is 0 Å². The summed E-state index contributed by atoms with van der Waals surface area (Å²) < 4.78 is 0. The van der Waals surface area contributed by atoms with Gasteiger partial charge in [0.15, 0.2) is 0 Å². The number of hydrogen-bond acceptors (Lipinski definition) is 3. The Morgan fingerprint density at radius 3 is 3.07 bits per heavy atom. The van der Waals surface area contributed by atoms with E-state index in [4.69, 9.17) is 5.26 Å². The van der Waals surface area contributed by atoms with Crippen LogP contribution in [0.25, 0.3) is 0 Å². The van der Waals surface area contributed by atoms with Crippen molar-refractivity contribution in [2.75, 3.05) is 13.6 Å². The van der Waals surface area contributed by atoms with E-state index in [9.17, 15) is 0 Å². The number of nitrogens with zero attached hydrogens (tertiary/aromatic N) is 3. The summed E-state index contributed by atoms with van der Waals surface area (Å²) in [5.74, 6) is 0.910. The van der Waals surface area contributed by atoms with Gasteiger partial charge in [-0.2, -0.15) is 5.26 Å². The zero-order chi connectivity index (χ0) is 10.7. The SMILES string of the molecule is CN(Cc1ccnc(C#N)c1)CC1CC1. The highest BCUT2D eigenvalue weighted by Gasteiger charge is 2.22. The lowest BCUT2D eigenvalue weighted by Crippen LogP contribution is -2.20. The molecule has 0 spiro atoms. The molecule has 1 saturated carbocycles. The monoisotopic (exact) mass is 201 g/mol. The molecule has 1 aliphatic carbocycles. The highest BCUT2D eigenvalue weighted by molar-refractivity contribution is 5.25. The number of pyridine rings is 1. The van der Waals surface area contributed by atoms with Gasteiger partial charge >= 0.3 is 0 Å². The van der Waals surface area contributed by atoms with E-state index in [0.29, 0.717) is 5.69 Å². The van der Waals surface area contributed by atoms with Crippen LogP contribution in [0.5, 0.6) is 0 Å². The summed E-state index contributed by atoms with van der Waals surface area (Å²) in [6, 6.07) is 5.90. The Kier molecular flexibility index (Phi) is 2.98. The van der Waals surface area contributed by atoms with Gasteiger partial charge in [0.05, 0.1) is 0 Å². The maximum Gasteiger partial charge on any atom is 0.140 e. The van der Waals surface area contributed by atoms with Gasteiger partial charge in [0.2, 0.25) is 0 Å². The molecule has 1 aromatic heterocycles. The van der Waals surface area contributed by atoms with Crippen LogP contribution in [0.4, 0.5) is 0 Å². The van der Waals surface area contributed by atoms with Crippen LogP contribution in [0.1, 0.15) is 24.1 Å². The van der Waals surface area contributed by atoms with Gasteiger partial charge in [-0.15, -0.1) is 0 Å². The van der Waals surface area contributed by atoms with E-state index >= 15 is 0 Å². The topological polar surface area (TPSA) is 39.9 Å². The van der Waals surface area contributed by atoms with Gasteiger partial charge in [-0.05, 0) is 43.5 Å². The zero-order valence-electron chi connectivity index (χ0n) is 8.98. The minimum atomic E-state index is 0.507. The van der Waals surface area contributed by atoms with E-state index in [-0.39, 0.29) is 0 Å². The minimum Gasteiger partial charge on any atom is -0.302 e. The molecule has 3 nitrogen and oxygen atoms in total. The van der Waals surface area contributed by atoms with Crippen molar-refractivity contribution in [1.29, 1.82) is 5.26 Å². The zero-order valence-corrected chi connectivity index (χ0v) is 8.98. The Morgan fingerprint density at radius 1 is 1.60 bits per heavy atom. The predicted octanol–water partition coefficient (Wildman–Crippen LogP) is 1.80. The molecule has 0 radical (unpaired) electrons. The summed E-state index contributed by atoms with van der Waals surface area (Å²) in [5.41, 5.74) is 1.68. The lowest BCUT2D eigenvalue weighted by Gasteiger charge is -2.15. The Balaban J connectivity index is 1.93. The molecule has 1 fully saturated rings. The molecule has 78 valence electrons.